The molecule has 0 aliphatic heterocycles. The van der Waals surface area contributed by atoms with Crippen LogP contribution in [-0.2, 0) is 4.79 Å². The molecule has 1 heteroatoms. The zero-order valence-corrected chi connectivity index (χ0v) is 26.8. The lowest BCUT2D eigenvalue weighted by Gasteiger charge is -2.64. The van der Waals surface area contributed by atoms with Crippen LogP contribution in [-0.4, -0.2) is 5.78 Å². The number of carbonyl (C=O) groups excluding carboxylic acids is 1. The van der Waals surface area contributed by atoms with E-state index in [0.29, 0.717) is 22.7 Å². The largest absolute Gasteiger partial charge is 0.299 e. The summed E-state index contributed by atoms with van der Waals surface area (Å²) in [5, 5.41) is 0. The number of hydrogen-bond donors (Lipinski definition) is 0. The van der Waals surface area contributed by atoms with Gasteiger partial charge < -0.3 is 0 Å². The molecule has 40 heavy (non-hydrogen) atoms. The van der Waals surface area contributed by atoms with Crippen LogP contribution in [0.2, 0.25) is 0 Å². The Labute approximate surface area is 247 Å². The molecule has 0 bridgehead atoms. The van der Waals surface area contributed by atoms with E-state index in [1.54, 1.807) is 0 Å². The van der Waals surface area contributed by atoms with Gasteiger partial charge >= 0.3 is 0 Å². The van der Waals surface area contributed by atoms with Crippen molar-refractivity contribution in [3.05, 3.63) is 0 Å². The molecule has 0 heterocycles. The third-order valence-electron chi connectivity index (χ3n) is 17.8. The summed E-state index contributed by atoms with van der Waals surface area (Å²) >= 11 is 0. The molecule has 8 rings (SSSR count). The zero-order valence-electron chi connectivity index (χ0n) is 26.8. The van der Waals surface area contributed by atoms with Crippen molar-refractivity contribution in [2.24, 2.45) is 80.8 Å². The Kier molecular flexibility index (Phi) is 6.36. The highest BCUT2D eigenvalue weighted by Gasteiger charge is 2.65. The quantitative estimate of drug-likeness (QED) is 0.336. The number of rotatable bonds is 2. The first kappa shape index (κ1) is 27.2. The minimum Gasteiger partial charge on any atom is -0.299 e. The lowest BCUT2D eigenvalue weighted by Crippen LogP contribution is -2.60. The van der Waals surface area contributed by atoms with Crippen LogP contribution in [0.4, 0.5) is 0 Å². The molecule has 14 atom stereocenters. The van der Waals surface area contributed by atoms with Crippen molar-refractivity contribution in [3.63, 3.8) is 0 Å². The van der Waals surface area contributed by atoms with Crippen molar-refractivity contribution in [2.45, 2.75) is 156 Å². The molecule has 8 saturated carbocycles. The summed E-state index contributed by atoms with van der Waals surface area (Å²) in [7, 11) is 0. The lowest BCUT2D eigenvalue weighted by atomic mass is 9.39. The number of carbonyl (C=O) groups is 1. The molecule has 8 fully saturated rings. The summed E-state index contributed by atoms with van der Waals surface area (Å²) in [5.74, 6) is 8.61. The van der Waals surface area contributed by atoms with E-state index in [4.69, 9.17) is 0 Å². The average Bonchev–Trinajstić information content (AvgIpc) is 3.54. The van der Waals surface area contributed by atoms with Crippen LogP contribution in [0.25, 0.3) is 0 Å². The van der Waals surface area contributed by atoms with E-state index in [9.17, 15) is 0 Å². The van der Waals surface area contributed by atoms with Gasteiger partial charge in [0.05, 0.1) is 0 Å². The molecular formula is C39H62O. The third-order valence-corrected chi connectivity index (χ3v) is 17.8. The molecule has 224 valence electrons. The first-order valence-corrected chi connectivity index (χ1v) is 18.7. The van der Waals surface area contributed by atoms with Crippen LogP contribution < -0.4 is 0 Å². The molecular weight excluding hydrogens is 484 g/mol. The molecule has 4 unspecified atom stereocenters. The maximum Gasteiger partial charge on any atom is 0.140 e. The van der Waals surface area contributed by atoms with Gasteiger partial charge in [-0.1, -0.05) is 53.4 Å². The highest BCUT2D eigenvalue weighted by atomic mass is 16.1. The van der Waals surface area contributed by atoms with E-state index in [2.05, 4.69) is 27.7 Å². The Morgan fingerprint density at radius 1 is 0.450 bits per heavy atom. The normalized spacial score (nSPS) is 59.0. The van der Waals surface area contributed by atoms with Gasteiger partial charge in [0.25, 0.3) is 0 Å². The SMILES string of the molecule is C[C@@]12CCC[C@H]1[C@@H]1CCC3CCCC(C(=O)C4CCCC5CC[C@H]6[C@@H]7CCC[C@@]7(C)CC[C@@H]6[C@]54C)[C@]3(C)[C@H]1CC2. The van der Waals surface area contributed by atoms with Gasteiger partial charge in [-0.15, -0.1) is 0 Å². The van der Waals surface area contributed by atoms with Crippen LogP contribution in [0.1, 0.15) is 156 Å². The summed E-state index contributed by atoms with van der Waals surface area (Å²) < 4.78 is 0. The van der Waals surface area contributed by atoms with E-state index in [0.717, 1.165) is 53.1 Å². The second-order valence-corrected chi connectivity index (χ2v) is 18.6. The molecule has 0 saturated heterocycles. The molecule has 0 N–H and O–H groups in total. The highest BCUT2D eigenvalue weighted by molar-refractivity contribution is 5.85. The van der Waals surface area contributed by atoms with E-state index < -0.39 is 0 Å². The van der Waals surface area contributed by atoms with Crippen molar-refractivity contribution in [3.8, 4) is 0 Å². The molecule has 0 aromatic heterocycles. The van der Waals surface area contributed by atoms with Crippen LogP contribution in [0, 0.1) is 80.8 Å². The Hall–Kier alpha value is -0.330. The van der Waals surface area contributed by atoms with E-state index >= 15 is 4.79 Å². The molecule has 0 aromatic carbocycles. The van der Waals surface area contributed by atoms with E-state index in [1.165, 1.54) is 128 Å². The van der Waals surface area contributed by atoms with Gasteiger partial charge in [-0.3, -0.25) is 4.79 Å². The Morgan fingerprint density at radius 3 is 1.35 bits per heavy atom. The zero-order chi connectivity index (χ0) is 27.5. The fourth-order valence-electron chi connectivity index (χ4n) is 15.8. The average molecular weight is 547 g/mol. The van der Waals surface area contributed by atoms with Crippen molar-refractivity contribution >= 4 is 5.78 Å². The molecule has 0 aromatic rings. The summed E-state index contributed by atoms with van der Waals surface area (Å²) in [6.07, 6.45) is 28.4. The van der Waals surface area contributed by atoms with Gasteiger partial charge in [0.2, 0.25) is 0 Å². The smallest absolute Gasteiger partial charge is 0.140 e. The van der Waals surface area contributed by atoms with E-state index in [1.807, 2.05) is 0 Å². The monoisotopic (exact) mass is 546 g/mol. The van der Waals surface area contributed by atoms with Crippen LogP contribution >= 0.6 is 0 Å². The molecule has 1 nitrogen and oxygen atoms in total. The first-order valence-electron chi connectivity index (χ1n) is 18.7. The molecule has 0 radical (unpaired) electrons. The van der Waals surface area contributed by atoms with E-state index in [-0.39, 0.29) is 10.8 Å². The molecule has 8 aliphatic carbocycles. The summed E-state index contributed by atoms with van der Waals surface area (Å²) in [5.41, 5.74) is 1.82. The second-order valence-electron chi connectivity index (χ2n) is 18.6. The van der Waals surface area contributed by atoms with Gasteiger partial charge in [-0.25, -0.2) is 0 Å². The topological polar surface area (TPSA) is 17.1 Å². The molecule has 0 spiro atoms. The second kappa shape index (κ2) is 9.34. The summed E-state index contributed by atoms with van der Waals surface area (Å²) in [6, 6.07) is 0. The van der Waals surface area contributed by atoms with Gasteiger partial charge in [-0.2, -0.15) is 0 Å². The highest BCUT2D eigenvalue weighted by Crippen LogP contribution is 2.71. The van der Waals surface area contributed by atoms with Crippen LogP contribution in [0.15, 0.2) is 0 Å². The minimum absolute atomic E-state index is 0.288. The minimum atomic E-state index is 0.288. The van der Waals surface area contributed by atoms with Gasteiger partial charge in [0.15, 0.2) is 0 Å². The number of hydrogen-bond acceptors (Lipinski definition) is 1. The van der Waals surface area contributed by atoms with Gasteiger partial charge in [0.1, 0.15) is 5.78 Å². The molecule has 8 aliphatic rings. The third kappa shape index (κ3) is 3.54. The standard InChI is InChI=1S/C39H62O/c1-36-21-7-13-29(36)27-17-15-25-9-5-11-33(38(25,3)31(27)19-23-36)35(40)34-12-6-10-26-16-18-28-30-14-8-22-37(30,2)24-20-32(28)39(26,34)4/h25-34H,5-24H2,1-4H3/t25?,26?,27-,28-,29-,30-,31-,32-,33?,34?,36-,37-,38-,39-/m0/s1. The lowest BCUT2D eigenvalue weighted by molar-refractivity contribution is -0.176. The van der Waals surface area contributed by atoms with Crippen molar-refractivity contribution in [1.29, 1.82) is 0 Å². The summed E-state index contributed by atoms with van der Waals surface area (Å²) in [4.78, 5) is 15.4. The fraction of sp³-hybridized carbons (Fsp3) is 0.974. The maximum absolute atomic E-state index is 15.4. The van der Waals surface area contributed by atoms with Crippen molar-refractivity contribution < 1.29 is 4.79 Å². The van der Waals surface area contributed by atoms with Crippen LogP contribution in [0.3, 0.4) is 0 Å². The van der Waals surface area contributed by atoms with Gasteiger partial charge in [-0.05, 0) is 172 Å². The van der Waals surface area contributed by atoms with Crippen molar-refractivity contribution in [1.82, 2.24) is 0 Å². The fourth-order valence-corrected chi connectivity index (χ4v) is 15.8. The first-order chi connectivity index (χ1) is 19.2. The maximum atomic E-state index is 15.4. The Bertz CT molecular complexity index is 936. The molecule has 0 amide bonds. The van der Waals surface area contributed by atoms with Crippen LogP contribution in [0.5, 0.6) is 0 Å². The predicted molar refractivity (Wildman–Crippen MR) is 165 cm³/mol. The van der Waals surface area contributed by atoms with Crippen molar-refractivity contribution in [2.75, 3.05) is 0 Å². The number of ketones is 1. The summed E-state index contributed by atoms with van der Waals surface area (Å²) in [6.45, 7) is 10.7. The number of fused-ring (bicyclic) bond motifs is 10. The Balaban J connectivity index is 1.12. The van der Waals surface area contributed by atoms with Gasteiger partial charge in [0, 0.05) is 11.8 Å². The number of Topliss-reactive ketones (excluding diaryl/α,β-unsaturated/α-hetero) is 1. The predicted octanol–water partition coefficient (Wildman–Crippen LogP) is 10.7. The Morgan fingerprint density at radius 2 is 0.900 bits per heavy atom.